The van der Waals surface area contributed by atoms with Gasteiger partial charge in [0.05, 0.1) is 6.20 Å². The van der Waals surface area contributed by atoms with Crippen molar-refractivity contribution in [2.75, 3.05) is 0 Å². The van der Waals surface area contributed by atoms with Crippen LogP contribution in [0.1, 0.15) is 29.8 Å². The van der Waals surface area contributed by atoms with Crippen LogP contribution in [0.4, 0.5) is 0 Å². The number of carbonyl (C=O) groups excluding carboxylic acids is 1. The van der Waals surface area contributed by atoms with Gasteiger partial charge in [-0.15, -0.1) is 0 Å². The molecule has 1 aromatic heterocycles. The lowest BCUT2D eigenvalue weighted by Crippen LogP contribution is -2.36. The highest BCUT2D eigenvalue weighted by Crippen LogP contribution is 2.25. The van der Waals surface area contributed by atoms with E-state index < -0.39 is 0 Å². The second kappa shape index (κ2) is 7.13. The number of aromatic nitrogens is 1. The van der Waals surface area contributed by atoms with Crippen molar-refractivity contribution in [3.8, 4) is 11.3 Å². The SMILES string of the molecule is CC(C)N(Cc1ccccc1)C(=O)c1cnoc1-c1ccccc1. The van der Waals surface area contributed by atoms with E-state index in [1.165, 1.54) is 6.20 Å². The Bertz CT molecular complexity index is 795. The van der Waals surface area contributed by atoms with E-state index in [2.05, 4.69) is 5.16 Å². The van der Waals surface area contributed by atoms with Crippen LogP contribution >= 0.6 is 0 Å². The van der Waals surface area contributed by atoms with Gasteiger partial charge in [0.25, 0.3) is 5.91 Å². The minimum atomic E-state index is -0.0750. The van der Waals surface area contributed by atoms with Gasteiger partial charge in [-0.2, -0.15) is 0 Å². The Morgan fingerprint density at radius 1 is 1.04 bits per heavy atom. The van der Waals surface area contributed by atoms with Crippen molar-refractivity contribution in [2.24, 2.45) is 0 Å². The molecule has 122 valence electrons. The van der Waals surface area contributed by atoms with Gasteiger partial charge in [-0.05, 0) is 19.4 Å². The molecule has 3 aromatic rings. The fraction of sp³-hybridized carbons (Fsp3) is 0.200. The summed E-state index contributed by atoms with van der Waals surface area (Å²) in [4.78, 5) is 14.9. The molecule has 0 fully saturated rings. The van der Waals surface area contributed by atoms with E-state index in [0.29, 0.717) is 17.9 Å². The quantitative estimate of drug-likeness (QED) is 0.700. The number of hydrogen-bond acceptors (Lipinski definition) is 3. The van der Waals surface area contributed by atoms with Crippen LogP contribution in [0.15, 0.2) is 71.4 Å². The molecule has 0 N–H and O–H groups in total. The van der Waals surface area contributed by atoms with E-state index in [9.17, 15) is 4.79 Å². The van der Waals surface area contributed by atoms with Gasteiger partial charge in [0.1, 0.15) is 5.56 Å². The second-order valence-electron chi connectivity index (χ2n) is 5.95. The van der Waals surface area contributed by atoms with Gasteiger partial charge in [0, 0.05) is 18.2 Å². The third-order valence-electron chi connectivity index (χ3n) is 3.92. The molecule has 0 aliphatic rings. The van der Waals surface area contributed by atoms with Crippen molar-refractivity contribution in [2.45, 2.75) is 26.4 Å². The zero-order valence-electron chi connectivity index (χ0n) is 13.8. The zero-order chi connectivity index (χ0) is 16.9. The normalized spacial score (nSPS) is 10.8. The standard InChI is InChI=1S/C20H20N2O2/c1-15(2)22(14-16-9-5-3-6-10-16)20(23)18-13-21-24-19(18)17-11-7-4-8-12-17/h3-13,15H,14H2,1-2H3. The predicted molar refractivity (Wildman–Crippen MR) is 93.4 cm³/mol. The van der Waals surface area contributed by atoms with Crippen molar-refractivity contribution in [3.05, 3.63) is 78.0 Å². The molecule has 1 amide bonds. The van der Waals surface area contributed by atoms with E-state index in [0.717, 1.165) is 11.1 Å². The first-order valence-corrected chi connectivity index (χ1v) is 8.02. The molecule has 2 aromatic carbocycles. The highest BCUT2D eigenvalue weighted by Gasteiger charge is 2.25. The zero-order valence-corrected chi connectivity index (χ0v) is 13.8. The molecule has 0 unspecified atom stereocenters. The van der Waals surface area contributed by atoms with Crippen LogP contribution in [0.2, 0.25) is 0 Å². The first-order chi connectivity index (χ1) is 11.7. The summed E-state index contributed by atoms with van der Waals surface area (Å²) in [5.74, 6) is 0.438. The number of rotatable bonds is 5. The fourth-order valence-electron chi connectivity index (χ4n) is 2.61. The van der Waals surface area contributed by atoms with Gasteiger partial charge in [-0.25, -0.2) is 0 Å². The maximum atomic E-state index is 13.1. The minimum absolute atomic E-state index is 0.0660. The van der Waals surface area contributed by atoms with E-state index in [1.54, 1.807) is 0 Å². The summed E-state index contributed by atoms with van der Waals surface area (Å²) in [7, 11) is 0. The van der Waals surface area contributed by atoms with Crippen LogP contribution in [0, 0.1) is 0 Å². The molecule has 3 rings (SSSR count). The average Bonchev–Trinajstić information content (AvgIpc) is 3.10. The molecule has 0 atom stereocenters. The number of benzene rings is 2. The van der Waals surface area contributed by atoms with Crippen molar-refractivity contribution in [1.29, 1.82) is 0 Å². The topological polar surface area (TPSA) is 46.3 Å². The lowest BCUT2D eigenvalue weighted by Gasteiger charge is -2.26. The fourth-order valence-corrected chi connectivity index (χ4v) is 2.61. The van der Waals surface area contributed by atoms with Gasteiger partial charge in [-0.1, -0.05) is 65.8 Å². The Kier molecular flexibility index (Phi) is 4.75. The van der Waals surface area contributed by atoms with E-state index in [1.807, 2.05) is 79.4 Å². The number of amides is 1. The molecule has 24 heavy (non-hydrogen) atoms. The number of nitrogens with zero attached hydrogens (tertiary/aromatic N) is 2. The third-order valence-corrected chi connectivity index (χ3v) is 3.92. The van der Waals surface area contributed by atoms with Crippen molar-refractivity contribution >= 4 is 5.91 Å². The molecule has 0 aliphatic heterocycles. The first kappa shape index (κ1) is 16.0. The Balaban J connectivity index is 1.91. The van der Waals surface area contributed by atoms with Crippen molar-refractivity contribution < 1.29 is 9.32 Å². The maximum absolute atomic E-state index is 13.1. The lowest BCUT2D eigenvalue weighted by molar-refractivity contribution is 0.0690. The van der Waals surface area contributed by atoms with Crippen LogP contribution < -0.4 is 0 Å². The molecule has 0 aliphatic carbocycles. The lowest BCUT2D eigenvalue weighted by atomic mass is 10.1. The molecule has 0 saturated heterocycles. The summed E-state index contributed by atoms with van der Waals surface area (Å²) in [6.45, 7) is 4.57. The molecule has 0 radical (unpaired) electrons. The summed E-state index contributed by atoms with van der Waals surface area (Å²) in [6, 6.07) is 19.6. The van der Waals surface area contributed by atoms with Crippen LogP contribution in [-0.2, 0) is 6.54 Å². The van der Waals surface area contributed by atoms with Crippen molar-refractivity contribution in [1.82, 2.24) is 10.1 Å². The summed E-state index contributed by atoms with van der Waals surface area (Å²) < 4.78 is 5.35. The number of carbonyl (C=O) groups is 1. The molecule has 4 nitrogen and oxygen atoms in total. The predicted octanol–water partition coefficient (Wildman–Crippen LogP) is 4.39. The molecule has 0 bridgehead atoms. The Labute approximate surface area is 141 Å². The monoisotopic (exact) mass is 320 g/mol. The third kappa shape index (κ3) is 3.38. The molecule has 1 heterocycles. The Hall–Kier alpha value is -2.88. The van der Waals surface area contributed by atoms with Crippen LogP contribution in [0.3, 0.4) is 0 Å². The number of hydrogen-bond donors (Lipinski definition) is 0. The van der Waals surface area contributed by atoms with Gasteiger partial charge < -0.3 is 9.42 Å². The smallest absolute Gasteiger partial charge is 0.260 e. The van der Waals surface area contributed by atoms with Crippen LogP contribution in [-0.4, -0.2) is 22.0 Å². The first-order valence-electron chi connectivity index (χ1n) is 8.02. The Morgan fingerprint density at radius 2 is 1.67 bits per heavy atom. The van der Waals surface area contributed by atoms with Gasteiger partial charge >= 0.3 is 0 Å². The Morgan fingerprint density at radius 3 is 2.29 bits per heavy atom. The van der Waals surface area contributed by atoms with E-state index in [-0.39, 0.29) is 11.9 Å². The van der Waals surface area contributed by atoms with Gasteiger partial charge in [0.15, 0.2) is 5.76 Å². The van der Waals surface area contributed by atoms with Crippen molar-refractivity contribution in [3.63, 3.8) is 0 Å². The highest BCUT2D eigenvalue weighted by molar-refractivity contribution is 5.99. The second-order valence-corrected chi connectivity index (χ2v) is 5.95. The molecule has 0 saturated carbocycles. The summed E-state index contributed by atoms with van der Waals surface area (Å²) in [5.41, 5.74) is 2.44. The molecule has 4 heteroatoms. The molecular formula is C20H20N2O2. The van der Waals surface area contributed by atoms with E-state index >= 15 is 0 Å². The van der Waals surface area contributed by atoms with Gasteiger partial charge in [-0.3, -0.25) is 4.79 Å². The summed E-state index contributed by atoms with van der Waals surface area (Å²) >= 11 is 0. The molecule has 0 spiro atoms. The summed E-state index contributed by atoms with van der Waals surface area (Å²) in [5, 5.41) is 3.85. The highest BCUT2D eigenvalue weighted by atomic mass is 16.5. The molecular weight excluding hydrogens is 300 g/mol. The van der Waals surface area contributed by atoms with Crippen LogP contribution in [0.25, 0.3) is 11.3 Å². The minimum Gasteiger partial charge on any atom is -0.355 e. The largest absolute Gasteiger partial charge is 0.355 e. The summed E-state index contributed by atoms with van der Waals surface area (Å²) in [6.07, 6.45) is 1.50. The average molecular weight is 320 g/mol. The van der Waals surface area contributed by atoms with E-state index in [4.69, 9.17) is 4.52 Å². The van der Waals surface area contributed by atoms with Gasteiger partial charge in [0.2, 0.25) is 0 Å². The van der Waals surface area contributed by atoms with Crippen LogP contribution in [0.5, 0.6) is 0 Å². The maximum Gasteiger partial charge on any atom is 0.260 e.